The van der Waals surface area contributed by atoms with Crippen molar-refractivity contribution in [3.05, 3.63) is 173 Å². The zero-order chi connectivity index (χ0) is 32.7. The van der Waals surface area contributed by atoms with Crippen LogP contribution in [0.1, 0.15) is 47.5 Å². The largest absolute Gasteiger partial charge is 0.497 e. The first kappa shape index (κ1) is 31.5. The Kier molecular flexibility index (Phi) is 8.17. The second-order valence-corrected chi connectivity index (χ2v) is 14.2. The number of hydrogen-bond acceptors (Lipinski definition) is 7. The predicted molar refractivity (Wildman–Crippen MR) is 179 cm³/mol. The summed E-state index contributed by atoms with van der Waals surface area (Å²) in [6.45, 7) is 3.71. The molecule has 240 valence electrons. The molecule has 0 spiro atoms. The summed E-state index contributed by atoms with van der Waals surface area (Å²) in [5.41, 5.74) is -0.0936. The van der Waals surface area contributed by atoms with Crippen LogP contribution in [0.3, 0.4) is 0 Å². The van der Waals surface area contributed by atoms with Gasteiger partial charge < -0.3 is 19.3 Å². The van der Waals surface area contributed by atoms with Crippen LogP contribution in [0.2, 0.25) is 0 Å². The highest BCUT2D eigenvalue weighted by molar-refractivity contribution is 7.54. The fraction of sp³-hybridized carbons (Fsp3) is 0.231. The van der Waals surface area contributed by atoms with Crippen molar-refractivity contribution in [2.75, 3.05) is 7.11 Å². The molecule has 7 nitrogen and oxygen atoms in total. The van der Waals surface area contributed by atoms with E-state index in [-0.39, 0.29) is 0 Å². The van der Waals surface area contributed by atoms with Crippen molar-refractivity contribution >= 4 is 7.60 Å². The number of methoxy groups -OCH3 is 1. The first-order valence-electron chi connectivity index (χ1n) is 15.6. The summed E-state index contributed by atoms with van der Waals surface area (Å²) in [6, 6.07) is 44.9. The molecule has 8 heteroatoms. The van der Waals surface area contributed by atoms with Gasteiger partial charge in [0, 0.05) is 0 Å². The summed E-state index contributed by atoms with van der Waals surface area (Å²) < 4.78 is 49.4. The highest BCUT2D eigenvalue weighted by Gasteiger charge is 2.69. The van der Waals surface area contributed by atoms with Crippen molar-refractivity contribution in [2.45, 2.75) is 48.9 Å². The molecule has 47 heavy (non-hydrogen) atoms. The van der Waals surface area contributed by atoms with Gasteiger partial charge in [-0.2, -0.15) is 0 Å². The first-order valence-corrected chi connectivity index (χ1v) is 17.2. The lowest BCUT2D eigenvalue weighted by Crippen LogP contribution is -2.53. The van der Waals surface area contributed by atoms with E-state index in [0.717, 1.165) is 0 Å². The molecule has 0 radical (unpaired) electrons. The minimum Gasteiger partial charge on any atom is -0.497 e. The normalized spacial score (nSPS) is 22.8. The maximum Gasteiger partial charge on any atom is 0.366 e. The first-order chi connectivity index (χ1) is 22.7. The zero-order valence-electron chi connectivity index (χ0n) is 26.4. The highest BCUT2D eigenvalue weighted by atomic mass is 31.2. The average Bonchev–Trinajstić information content (AvgIpc) is 3.42. The van der Waals surface area contributed by atoms with Gasteiger partial charge in [-0.3, -0.25) is 13.6 Å². The molecule has 2 saturated heterocycles. The van der Waals surface area contributed by atoms with Gasteiger partial charge in [0.25, 0.3) is 0 Å². The van der Waals surface area contributed by atoms with Crippen LogP contribution in [0.25, 0.3) is 0 Å². The Bertz CT molecular complexity index is 1660. The molecule has 3 atom stereocenters. The van der Waals surface area contributed by atoms with Gasteiger partial charge in [0.15, 0.2) is 22.8 Å². The average molecular weight is 649 g/mol. The van der Waals surface area contributed by atoms with Crippen LogP contribution >= 0.6 is 7.60 Å². The van der Waals surface area contributed by atoms with Gasteiger partial charge >= 0.3 is 7.60 Å². The monoisotopic (exact) mass is 648 g/mol. The number of aliphatic hydroxyl groups excluding tert-OH is 1. The summed E-state index contributed by atoms with van der Waals surface area (Å²) in [7, 11) is -3.08. The Morgan fingerprint density at radius 3 is 1.26 bits per heavy atom. The maximum atomic E-state index is 16.0. The van der Waals surface area contributed by atoms with Gasteiger partial charge in [-0.05, 0) is 53.8 Å². The Labute approximate surface area is 275 Å². The fourth-order valence-electron chi connectivity index (χ4n) is 6.88. The number of benzene rings is 5. The number of fused-ring (bicyclic) bond motifs is 1. The minimum absolute atomic E-state index is 0.341. The lowest BCUT2D eigenvalue weighted by atomic mass is 9.72. The number of hydrogen-bond donors (Lipinski definition) is 1. The van der Waals surface area contributed by atoms with Crippen LogP contribution in [-0.2, 0) is 34.3 Å². The molecule has 1 N–H and O–H groups in total. The Morgan fingerprint density at radius 2 is 0.936 bits per heavy atom. The third-order valence-electron chi connectivity index (χ3n) is 8.96. The third kappa shape index (κ3) is 5.34. The number of rotatable bonds is 7. The van der Waals surface area contributed by atoms with E-state index >= 15 is 4.57 Å². The van der Waals surface area contributed by atoms with Crippen molar-refractivity contribution in [3.63, 3.8) is 0 Å². The quantitative estimate of drug-likeness (QED) is 0.178. The molecule has 2 fully saturated rings. The van der Waals surface area contributed by atoms with Crippen molar-refractivity contribution in [1.82, 2.24) is 0 Å². The molecule has 2 aliphatic rings. The topological polar surface area (TPSA) is 83.5 Å². The minimum atomic E-state index is -4.64. The molecule has 0 unspecified atom stereocenters. The van der Waals surface area contributed by atoms with Crippen LogP contribution in [0.5, 0.6) is 5.75 Å². The molecule has 7 rings (SSSR count). The molecule has 0 saturated carbocycles. The van der Waals surface area contributed by atoms with E-state index in [9.17, 15) is 5.11 Å². The molecule has 2 aliphatic heterocycles. The van der Waals surface area contributed by atoms with E-state index < -0.39 is 42.6 Å². The van der Waals surface area contributed by atoms with Crippen LogP contribution in [-0.4, -0.2) is 30.2 Å². The molecule has 0 bridgehead atoms. The van der Waals surface area contributed by atoms with Gasteiger partial charge in [-0.1, -0.05) is 133 Å². The zero-order valence-corrected chi connectivity index (χ0v) is 27.3. The SMILES string of the molecule is COc1ccc([C@H](O)P2(=O)OC(c3ccccc3)(c3ccccc3)[C@@H]3OC(C)(C)O[C@H]3C(c3ccccc3)(c3ccccc3)O2)cc1. The Hall–Kier alpha value is -4.07. The lowest BCUT2D eigenvalue weighted by Gasteiger charge is -2.41. The molecular weight excluding hydrogens is 611 g/mol. The Balaban J connectivity index is 1.59. The lowest BCUT2D eigenvalue weighted by molar-refractivity contribution is -0.176. The summed E-state index contributed by atoms with van der Waals surface area (Å²) in [5.74, 6) is -2.20. The van der Waals surface area contributed by atoms with Crippen LogP contribution in [0.4, 0.5) is 0 Å². The van der Waals surface area contributed by atoms with Crippen molar-refractivity contribution in [1.29, 1.82) is 0 Å². The molecule has 5 aromatic rings. The third-order valence-corrected chi connectivity index (χ3v) is 10.9. The predicted octanol–water partition coefficient (Wildman–Crippen LogP) is 8.33. The second kappa shape index (κ2) is 12.2. The van der Waals surface area contributed by atoms with Crippen LogP contribution < -0.4 is 4.74 Å². The fourth-order valence-corrected chi connectivity index (χ4v) is 9.09. The van der Waals surface area contributed by atoms with Crippen molar-refractivity contribution < 1.29 is 32.9 Å². The summed E-state index contributed by atoms with van der Waals surface area (Å²) >= 11 is 0. The summed E-state index contributed by atoms with van der Waals surface area (Å²) in [6.07, 6.45) is -1.83. The maximum absolute atomic E-state index is 16.0. The molecule has 5 aromatic carbocycles. The summed E-state index contributed by atoms with van der Waals surface area (Å²) in [5, 5.41) is 12.3. The molecule has 0 aromatic heterocycles. The van der Waals surface area contributed by atoms with E-state index in [1.165, 1.54) is 0 Å². The van der Waals surface area contributed by atoms with Gasteiger partial charge in [0.2, 0.25) is 0 Å². The van der Waals surface area contributed by atoms with E-state index in [0.29, 0.717) is 33.6 Å². The second-order valence-electron chi connectivity index (χ2n) is 12.3. The van der Waals surface area contributed by atoms with Gasteiger partial charge in [0.1, 0.15) is 18.0 Å². The molecule has 0 aliphatic carbocycles. The van der Waals surface area contributed by atoms with Gasteiger partial charge in [-0.25, -0.2) is 0 Å². The highest BCUT2D eigenvalue weighted by Crippen LogP contribution is 2.72. The number of ether oxygens (including phenoxy) is 3. The van der Waals surface area contributed by atoms with E-state index in [4.69, 9.17) is 23.3 Å². The Morgan fingerprint density at radius 1 is 0.596 bits per heavy atom. The van der Waals surface area contributed by atoms with Gasteiger partial charge in [0.05, 0.1) is 7.11 Å². The smallest absolute Gasteiger partial charge is 0.366 e. The molecule has 2 heterocycles. The van der Waals surface area contributed by atoms with Crippen LogP contribution in [0, 0.1) is 0 Å². The van der Waals surface area contributed by atoms with Gasteiger partial charge in [-0.15, -0.1) is 0 Å². The molecule has 0 amide bonds. The van der Waals surface area contributed by atoms with E-state index in [2.05, 4.69) is 0 Å². The van der Waals surface area contributed by atoms with Crippen LogP contribution in [0.15, 0.2) is 146 Å². The van der Waals surface area contributed by atoms with E-state index in [1.54, 1.807) is 31.4 Å². The molecular formula is C39H37O7P. The summed E-state index contributed by atoms with van der Waals surface area (Å²) in [4.78, 5) is 0. The van der Waals surface area contributed by atoms with Crippen molar-refractivity contribution in [3.8, 4) is 5.75 Å². The standard InChI is InChI=1S/C39H37O7P/c1-37(2)43-34-35(44-37)39(31-20-12-6-13-21-31,32-22-14-7-15-23-32)46-47(41,36(40)28-24-26-33(42-3)27-25-28)45-38(34,29-16-8-4-9-17-29)30-18-10-5-11-19-30/h4-27,34-36,40H,1-3H3/t34-,35-,36-/m1/s1. The van der Waals surface area contributed by atoms with Crippen molar-refractivity contribution in [2.24, 2.45) is 0 Å². The van der Waals surface area contributed by atoms with E-state index in [1.807, 2.05) is 135 Å². The number of aliphatic hydroxyl groups is 1.